The SMILES string of the molecule is C=C/C=C\C(O)=C/N=O. The van der Waals surface area contributed by atoms with Crippen molar-refractivity contribution in [1.82, 2.24) is 0 Å². The number of aliphatic hydroxyl groups is 1. The van der Waals surface area contributed by atoms with E-state index in [9.17, 15) is 4.91 Å². The van der Waals surface area contributed by atoms with Crippen LogP contribution in [0, 0.1) is 4.91 Å². The summed E-state index contributed by atoms with van der Waals surface area (Å²) in [6.45, 7) is 3.36. The summed E-state index contributed by atoms with van der Waals surface area (Å²) in [5, 5.41) is 11.0. The normalized spacial score (nSPS) is 11.8. The molecule has 3 nitrogen and oxygen atoms in total. The van der Waals surface area contributed by atoms with E-state index in [2.05, 4.69) is 11.8 Å². The zero-order chi connectivity index (χ0) is 7.11. The molecule has 0 heterocycles. The summed E-state index contributed by atoms with van der Waals surface area (Å²) in [4.78, 5) is 9.43. The Hall–Kier alpha value is -1.38. The van der Waals surface area contributed by atoms with Crippen LogP contribution in [0.25, 0.3) is 0 Å². The second-order valence-electron chi connectivity index (χ2n) is 1.25. The Balaban J connectivity index is 3.88. The Labute approximate surface area is 53.0 Å². The first-order valence-electron chi connectivity index (χ1n) is 2.32. The van der Waals surface area contributed by atoms with E-state index in [1.165, 1.54) is 18.2 Å². The average molecular weight is 125 g/mol. The minimum absolute atomic E-state index is 0.176. The molecule has 0 atom stereocenters. The molecule has 0 saturated carbocycles. The molecule has 0 rings (SSSR count). The molecule has 0 saturated heterocycles. The van der Waals surface area contributed by atoms with E-state index in [1.54, 1.807) is 0 Å². The molecule has 0 radical (unpaired) electrons. The van der Waals surface area contributed by atoms with E-state index < -0.39 is 0 Å². The molecule has 0 bridgehead atoms. The summed E-state index contributed by atoms with van der Waals surface area (Å²) >= 11 is 0. The van der Waals surface area contributed by atoms with E-state index in [4.69, 9.17) is 5.11 Å². The summed E-state index contributed by atoms with van der Waals surface area (Å²) in [6.07, 6.45) is 5.10. The van der Waals surface area contributed by atoms with Crippen LogP contribution in [0.4, 0.5) is 0 Å². The maximum Gasteiger partial charge on any atom is 0.137 e. The standard InChI is InChI=1S/C6H7NO2/c1-2-3-4-6(8)5-7-9/h2-5,8H,1H2/b4-3-,6-5+. The molecule has 3 heteroatoms. The van der Waals surface area contributed by atoms with Gasteiger partial charge in [0.15, 0.2) is 0 Å². The Morgan fingerprint density at radius 1 is 1.67 bits per heavy atom. The van der Waals surface area contributed by atoms with Gasteiger partial charge in [0.25, 0.3) is 0 Å². The molecule has 0 aliphatic heterocycles. The van der Waals surface area contributed by atoms with Gasteiger partial charge in [-0.25, -0.2) is 0 Å². The zero-order valence-electron chi connectivity index (χ0n) is 4.82. The Kier molecular flexibility index (Phi) is 4.04. The van der Waals surface area contributed by atoms with Crippen LogP contribution in [0.1, 0.15) is 0 Å². The lowest BCUT2D eigenvalue weighted by Gasteiger charge is -1.80. The predicted molar refractivity (Wildman–Crippen MR) is 35.8 cm³/mol. The first-order valence-corrected chi connectivity index (χ1v) is 2.32. The zero-order valence-corrected chi connectivity index (χ0v) is 4.82. The third kappa shape index (κ3) is 4.47. The third-order valence-electron chi connectivity index (χ3n) is 0.588. The third-order valence-corrected chi connectivity index (χ3v) is 0.588. The first-order chi connectivity index (χ1) is 4.31. The van der Waals surface area contributed by atoms with Crippen LogP contribution in [0.3, 0.4) is 0 Å². The summed E-state index contributed by atoms with van der Waals surface area (Å²) in [5.41, 5.74) is 0. The van der Waals surface area contributed by atoms with Crippen molar-refractivity contribution in [3.05, 3.63) is 41.7 Å². The highest BCUT2D eigenvalue weighted by Gasteiger charge is 1.79. The molecule has 0 aromatic rings. The first kappa shape index (κ1) is 7.62. The van der Waals surface area contributed by atoms with Crippen molar-refractivity contribution in [2.75, 3.05) is 0 Å². The second-order valence-corrected chi connectivity index (χ2v) is 1.25. The molecule has 0 spiro atoms. The van der Waals surface area contributed by atoms with Crippen LogP contribution in [0.2, 0.25) is 0 Å². The Morgan fingerprint density at radius 2 is 2.33 bits per heavy atom. The highest BCUT2D eigenvalue weighted by Crippen LogP contribution is 1.89. The van der Waals surface area contributed by atoms with Crippen LogP contribution in [0.15, 0.2) is 41.9 Å². The summed E-state index contributed by atoms with van der Waals surface area (Å²) in [5.74, 6) is -0.176. The lowest BCUT2D eigenvalue weighted by Crippen LogP contribution is -1.68. The van der Waals surface area contributed by atoms with Crippen molar-refractivity contribution in [1.29, 1.82) is 0 Å². The Bertz CT molecular complexity index is 158. The Morgan fingerprint density at radius 3 is 2.78 bits per heavy atom. The van der Waals surface area contributed by atoms with Gasteiger partial charge in [-0.1, -0.05) is 18.7 Å². The van der Waals surface area contributed by atoms with Gasteiger partial charge in [-0.2, -0.15) is 0 Å². The maximum absolute atomic E-state index is 9.43. The van der Waals surface area contributed by atoms with Crippen LogP contribution in [-0.4, -0.2) is 5.11 Å². The van der Waals surface area contributed by atoms with Gasteiger partial charge in [-0.15, -0.1) is 4.91 Å². The fourth-order valence-corrected chi connectivity index (χ4v) is 0.264. The predicted octanol–water partition coefficient (Wildman–Crippen LogP) is 1.89. The van der Waals surface area contributed by atoms with E-state index in [-0.39, 0.29) is 5.76 Å². The van der Waals surface area contributed by atoms with Crippen LogP contribution in [0.5, 0.6) is 0 Å². The molecule has 9 heavy (non-hydrogen) atoms. The van der Waals surface area contributed by atoms with E-state index in [0.717, 1.165) is 6.20 Å². The summed E-state index contributed by atoms with van der Waals surface area (Å²) in [6, 6.07) is 0. The molecule has 0 unspecified atom stereocenters. The molecule has 0 fully saturated rings. The fourth-order valence-electron chi connectivity index (χ4n) is 0.264. The molecule has 48 valence electrons. The van der Waals surface area contributed by atoms with Gasteiger partial charge < -0.3 is 5.11 Å². The largest absolute Gasteiger partial charge is 0.506 e. The molecule has 0 amide bonds. The van der Waals surface area contributed by atoms with E-state index in [1.807, 2.05) is 0 Å². The van der Waals surface area contributed by atoms with Gasteiger partial charge in [0.05, 0.1) is 0 Å². The molecular formula is C6H7NO2. The fraction of sp³-hybridized carbons (Fsp3) is 0. The van der Waals surface area contributed by atoms with Crippen LogP contribution >= 0.6 is 0 Å². The summed E-state index contributed by atoms with van der Waals surface area (Å²) in [7, 11) is 0. The van der Waals surface area contributed by atoms with Crippen molar-refractivity contribution in [2.24, 2.45) is 5.18 Å². The lowest BCUT2D eigenvalue weighted by atomic mass is 10.4. The van der Waals surface area contributed by atoms with Gasteiger partial charge in [0, 0.05) is 0 Å². The van der Waals surface area contributed by atoms with Crippen molar-refractivity contribution in [2.45, 2.75) is 0 Å². The van der Waals surface area contributed by atoms with Gasteiger partial charge >= 0.3 is 0 Å². The van der Waals surface area contributed by atoms with Crippen molar-refractivity contribution in [3.8, 4) is 0 Å². The molecule has 1 N–H and O–H groups in total. The molecule has 0 aliphatic carbocycles. The monoisotopic (exact) mass is 125 g/mol. The maximum atomic E-state index is 9.43. The van der Waals surface area contributed by atoms with Crippen LogP contribution in [-0.2, 0) is 0 Å². The van der Waals surface area contributed by atoms with Crippen LogP contribution < -0.4 is 0 Å². The number of aliphatic hydroxyl groups excluding tert-OH is 1. The van der Waals surface area contributed by atoms with Gasteiger partial charge in [-0.05, 0) is 11.3 Å². The average Bonchev–Trinajstić information content (AvgIpc) is 1.85. The minimum Gasteiger partial charge on any atom is -0.506 e. The summed E-state index contributed by atoms with van der Waals surface area (Å²) < 4.78 is 0. The van der Waals surface area contributed by atoms with Crippen molar-refractivity contribution < 1.29 is 5.11 Å². The topological polar surface area (TPSA) is 49.7 Å². The highest BCUT2D eigenvalue weighted by molar-refractivity contribution is 5.13. The second kappa shape index (κ2) is 4.77. The molecule has 0 aliphatic rings. The number of nitroso groups, excluding NO2 is 1. The highest BCUT2D eigenvalue weighted by atomic mass is 16.3. The number of hydrogen-bond donors (Lipinski definition) is 1. The van der Waals surface area contributed by atoms with E-state index >= 15 is 0 Å². The van der Waals surface area contributed by atoms with Gasteiger partial charge in [0.1, 0.15) is 12.0 Å². The molecule has 0 aromatic carbocycles. The quantitative estimate of drug-likeness (QED) is 0.355. The molecule has 0 aromatic heterocycles. The number of rotatable bonds is 3. The van der Waals surface area contributed by atoms with Gasteiger partial charge in [0.2, 0.25) is 0 Å². The smallest absolute Gasteiger partial charge is 0.137 e. The lowest BCUT2D eigenvalue weighted by molar-refractivity contribution is 0.431. The van der Waals surface area contributed by atoms with E-state index in [0.29, 0.717) is 0 Å². The van der Waals surface area contributed by atoms with Crippen molar-refractivity contribution >= 4 is 0 Å². The number of hydrogen-bond acceptors (Lipinski definition) is 3. The minimum atomic E-state index is -0.176. The van der Waals surface area contributed by atoms with Crippen molar-refractivity contribution in [3.63, 3.8) is 0 Å². The molecular weight excluding hydrogens is 118 g/mol. The number of allylic oxidation sites excluding steroid dienone is 3. The number of nitrogens with zero attached hydrogens (tertiary/aromatic N) is 1. The van der Waals surface area contributed by atoms with Gasteiger partial charge in [-0.3, -0.25) is 0 Å².